The second-order valence-corrected chi connectivity index (χ2v) is 9.84. The van der Waals surface area contributed by atoms with Gasteiger partial charge in [0.15, 0.2) is 0 Å². The molecule has 1 atom stereocenters. The molecular formula is C28H28F6N2O3. The Morgan fingerprint density at radius 2 is 1.56 bits per heavy atom. The van der Waals surface area contributed by atoms with E-state index in [4.69, 9.17) is 0 Å². The molecule has 5 nitrogen and oxygen atoms in total. The molecule has 0 spiro atoms. The second kappa shape index (κ2) is 12.0. The molecule has 0 saturated heterocycles. The van der Waals surface area contributed by atoms with Gasteiger partial charge in [0, 0.05) is 31.1 Å². The summed E-state index contributed by atoms with van der Waals surface area (Å²) in [6, 6.07) is 15.0. The molecule has 11 heteroatoms. The van der Waals surface area contributed by atoms with E-state index in [2.05, 4.69) is 15.4 Å². The van der Waals surface area contributed by atoms with Crippen LogP contribution in [-0.2, 0) is 12.0 Å². The quantitative estimate of drug-likeness (QED) is 0.255. The number of aliphatic hydroxyl groups is 1. The summed E-state index contributed by atoms with van der Waals surface area (Å²) >= 11 is 0. The van der Waals surface area contributed by atoms with Crippen molar-refractivity contribution in [2.24, 2.45) is 5.41 Å². The number of carbonyl (C=O) groups excluding carboxylic acids is 1. The predicted molar refractivity (Wildman–Crippen MR) is 133 cm³/mol. The van der Waals surface area contributed by atoms with Crippen LogP contribution in [0.3, 0.4) is 0 Å². The molecule has 210 valence electrons. The lowest BCUT2D eigenvalue weighted by Crippen LogP contribution is -2.53. The van der Waals surface area contributed by atoms with Crippen molar-refractivity contribution in [2.75, 3.05) is 13.2 Å². The lowest BCUT2D eigenvalue weighted by atomic mass is 9.77. The number of alkyl halides is 4. The summed E-state index contributed by atoms with van der Waals surface area (Å²) < 4.78 is 85.9. The summed E-state index contributed by atoms with van der Waals surface area (Å²) in [5.41, 5.74) is -1.70. The van der Waals surface area contributed by atoms with E-state index >= 15 is 0 Å². The highest BCUT2D eigenvalue weighted by Gasteiger charge is 2.45. The number of rotatable bonds is 11. The fourth-order valence-corrected chi connectivity index (χ4v) is 3.88. The van der Waals surface area contributed by atoms with Gasteiger partial charge in [-0.25, -0.2) is 13.6 Å². The van der Waals surface area contributed by atoms with E-state index < -0.39 is 46.9 Å². The Labute approximate surface area is 221 Å². The lowest BCUT2D eigenvalue weighted by molar-refractivity contribution is -0.253. The van der Waals surface area contributed by atoms with Crippen LogP contribution >= 0.6 is 0 Å². The number of nitrogens with one attached hydrogen (secondary N) is 2. The molecule has 3 aromatic carbocycles. The van der Waals surface area contributed by atoms with Crippen LogP contribution in [0.15, 0.2) is 72.8 Å². The fraction of sp³-hybridized carbons (Fsp3) is 0.321. The molecule has 3 aromatic rings. The molecule has 0 heterocycles. The summed E-state index contributed by atoms with van der Waals surface area (Å²) in [5.74, 6) is -2.62. The molecule has 0 fully saturated rings. The highest BCUT2D eigenvalue weighted by molar-refractivity contribution is 5.76. The molecule has 3 N–H and O–H groups in total. The second-order valence-electron chi connectivity index (χ2n) is 9.84. The first-order chi connectivity index (χ1) is 18.3. The first-order valence-electron chi connectivity index (χ1n) is 11.9. The predicted octanol–water partition coefficient (Wildman–Crippen LogP) is 6.01. The molecule has 0 aliphatic carbocycles. The number of benzene rings is 3. The Bertz CT molecular complexity index is 1260. The third-order valence-electron chi connectivity index (χ3n) is 6.00. The summed E-state index contributed by atoms with van der Waals surface area (Å²) in [7, 11) is 0. The van der Waals surface area contributed by atoms with Crippen LogP contribution in [0.25, 0.3) is 0 Å². The minimum Gasteiger partial charge on any atom is -0.428 e. The van der Waals surface area contributed by atoms with E-state index in [1.54, 1.807) is 44.2 Å². The summed E-state index contributed by atoms with van der Waals surface area (Å²) in [6.07, 6.45) is -9.18. The van der Waals surface area contributed by atoms with Crippen LogP contribution in [0.5, 0.6) is 5.75 Å². The highest BCUT2D eigenvalue weighted by atomic mass is 19.3. The maximum Gasteiger partial charge on any atom is 0.461 e. The number of aliphatic hydroxyl groups excluding tert-OH is 1. The largest absolute Gasteiger partial charge is 0.461 e. The SMILES string of the molecule is CC(C)(CO)CNC(=O)NC(Cc1ccccc1)(c1ccc(F)cc1)c1cc(F)cc(OC(F)(F)C(F)F)c1. The van der Waals surface area contributed by atoms with Gasteiger partial charge in [-0.15, -0.1) is 0 Å². The Morgan fingerprint density at radius 3 is 2.15 bits per heavy atom. The molecule has 0 aliphatic rings. The Kier molecular flexibility index (Phi) is 9.16. The molecular weight excluding hydrogens is 526 g/mol. The van der Waals surface area contributed by atoms with Crippen molar-refractivity contribution in [1.29, 1.82) is 0 Å². The maximum atomic E-state index is 14.8. The Balaban J connectivity index is 2.20. The van der Waals surface area contributed by atoms with Crippen molar-refractivity contribution in [3.05, 3.63) is 101 Å². The van der Waals surface area contributed by atoms with E-state index in [0.717, 1.165) is 24.3 Å². The normalized spacial score (nSPS) is 13.6. The number of halogens is 6. The van der Waals surface area contributed by atoms with Crippen LogP contribution in [0.4, 0.5) is 31.1 Å². The zero-order valence-corrected chi connectivity index (χ0v) is 21.2. The van der Waals surface area contributed by atoms with Crippen molar-refractivity contribution in [2.45, 2.75) is 38.3 Å². The standard InChI is InChI=1S/C28H28F6N2O3/c1-26(2,17-37)16-35-25(38)36-27(15-18-6-4-3-5-7-18,19-8-10-21(29)11-9-19)20-12-22(30)14-23(13-20)39-28(33,34)24(31)32/h3-14,24,37H,15-17H2,1-2H3,(H2,35,36,38). The van der Waals surface area contributed by atoms with Crippen LogP contribution in [0, 0.1) is 17.0 Å². The maximum absolute atomic E-state index is 14.8. The summed E-state index contributed by atoms with van der Waals surface area (Å²) in [6.45, 7) is 3.18. The molecule has 0 bridgehead atoms. The first kappa shape index (κ1) is 29.8. The molecule has 0 aromatic heterocycles. The number of urea groups is 1. The Hall–Kier alpha value is -3.73. The van der Waals surface area contributed by atoms with Gasteiger partial charge < -0.3 is 20.5 Å². The van der Waals surface area contributed by atoms with Gasteiger partial charge in [0.05, 0.1) is 5.54 Å². The van der Waals surface area contributed by atoms with Crippen molar-refractivity contribution in [1.82, 2.24) is 10.6 Å². The highest BCUT2D eigenvalue weighted by Crippen LogP contribution is 2.38. The minimum absolute atomic E-state index is 0.0261. The topological polar surface area (TPSA) is 70.6 Å². The van der Waals surface area contributed by atoms with Crippen LogP contribution in [-0.4, -0.2) is 36.8 Å². The van der Waals surface area contributed by atoms with Gasteiger partial charge in [-0.2, -0.15) is 17.6 Å². The lowest BCUT2D eigenvalue weighted by Gasteiger charge is -2.37. The zero-order valence-electron chi connectivity index (χ0n) is 21.2. The number of hydrogen-bond acceptors (Lipinski definition) is 3. The number of carbonyl (C=O) groups is 1. The molecule has 3 rings (SSSR count). The molecule has 0 aliphatic heterocycles. The van der Waals surface area contributed by atoms with Crippen molar-refractivity contribution in [3.63, 3.8) is 0 Å². The number of hydrogen-bond donors (Lipinski definition) is 3. The van der Waals surface area contributed by atoms with Crippen molar-refractivity contribution >= 4 is 6.03 Å². The fourth-order valence-electron chi connectivity index (χ4n) is 3.88. The molecule has 0 saturated carbocycles. The average Bonchev–Trinajstić information content (AvgIpc) is 2.87. The van der Waals surface area contributed by atoms with Gasteiger partial charge >= 0.3 is 18.6 Å². The summed E-state index contributed by atoms with van der Waals surface area (Å²) in [5, 5.41) is 14.9. The van der Waals surface area contributed by atoms with Gasteiger partial charge in [0.2, 0.25) is 0 Å². The van der Waals surface area contributed by atoms with Gasteiger partial charge in [0.25, 0.3) is 0 Å². The van der Waals surface area contributed by atoms with E-state index in [9.17, 15) is 36.2 Å². The average molecular weight is 555 g/mol. The number of amides is 2. The third-order valence-corrected chi connectivity index (χ3v) is 6.00. The van der Waals surface area contributed by atoms with Crippen LogP contribution in [0.2, 0.25) is 0 Å². The van der Waals surface area contributed by atoms with E-state index in [-0.39, 0.29) is 30.7 Å². The van der Waals surface area contributed by atoms with E-state index in [0.29, 0.717) is 11.6 Å². The van der Waals surface area contributed by atoms with Crippen molar-refractivity contribution in [3.8, 4) is 5.75 Å². The van der Waals surface area contributed by atoms with Gasteiger partial charge in [0.1, 0.15) is 17.4 Å². The molecule has 1 unspecified atom stereocenters. The minimum atomic E-state index is -4.91. The third kappa shape index (κ3) is 7.66. The van der Waals surface area contributed by atoms with Gasteiger partial charge in [-0.1, -0.05) is 56.3 Å². The molecule has 2 amide bonds. The van der Waals surface area contributed by atoms with Crippen LogP contribution < -0.4 is 15.4 Å². The van der Waals surface area contributed by atoms with Gasteiger partial charge in [-0.3, -0.25) is 0 Å². The van der Waals surface area contributed by atoms with Crippen LogP contribution in [0.1, 0.15) is 30.5 Å². The number of ether oxygens (including phenoxy) is 1. The first-order valence-corrected chi connectivity index (χ1v) is 11.9. The zero-order chi connectivity index (χ0) is 28.8. The summed E-state index contributed by atoms with van der Waals surface area (Å²) in [4.78, 5) is 13.2. The van der Waals surface area contributed by atoms with E-state index in [1.165, 1.54) is 12.1 Å². The smallest absolute Gasteiger partial charge is 0.428 e. The molecule has 0 radical (unpaired) electrons. The van der Waals surface area contributed by atoms with Gasteiger partial charge in [-0.05, 0) is 41.0 Å². The monoisotopic (exact) mass is 554 g/mol. The molecule has 39 heavy (non-hydrogen) atoms. The van der Waals surface area contributed by atoms with E-state index in [1.807, 2.05) is 0 Å². The van der Waals surface area contributed by atoms with Crippen molar-refractivity contribution < 1.29 is 41.0 Å². The Morgan fingerprint density at radius 1 is 0.923 bits per heavy atom.